The van der Waals surface area contributed by atoms with Crippen LogP contribution in [0.25, 0.3) is 0 Å². The highest BCUT2D eigenvalue weighted by atomic mass is 19.3. The zero-order chi connectivity index (χ0) is 38.6. The number of nitrogens with one attached hydrogen (secondary N) is 3. The number of carbonyl (C=O) groups is 4. The molecule has 3 N–H and O–H groups in total. The standard InChI is InChI=1S/C39H49F5N6O4/c1-3-30(51)47-32(35(54)49-16-13-36(14-17-49)22-39(36,43)44)37(11-12-37)26-8-9-28(27(40)18-26)46-34(53)31(25-6-4-23(2)5-7-25)48-33(52)29-10-15-45-50(29)21-24-19-38(41,42)20-24/h8-10,15,18,23-25,31-32H,3-7,11-14,16-17,19-22H2,1-2H3,(H,46,53)(H,47,51)(H,48,52)/t23?,25?,31-,32-/m0/s1. The van der Waals surface area contributed by atoms with E-state index in [1.807, 2.05) is 0 Å². The number of carbonyl (C=O) groups excluding carboxylic acids is 4. The molecule has 2 atom stereocenters. The van der Waals surface area contributed by atoms with Gasteiger partial charge in [-0.25, -0.2) is 22.0 Å². The van der Waals surface area contributed by atoms with Gasteiger partial charge in [0.2, 0.25) is 23.6 Å². The van der Waals surface area contributed by atoms with Gasteiger partial charge < -0.3 is 20.9 Å². The highest BCUT2D eigenvalue weighted by Gasteiger charge is 2.71. The van der Waals surface area contributed by atoms with E-state index in [0.29, 0.717) is 37.2 Å². The molecular formula is C39H49F5N6O4. The lowest BCUT2D eigenvalue weighted by Crippen LogP contribution is -2.56. The summed E-state index contributed by atoms with van der Waals surface area (Å²) in [4.78, 5) is 55.6. The number of halogens is 5. The summed E-state index contributed by atoms with van der Waals surface area (Å²) in [7, 11) is 0. The molecule has 0 radical (unpaired) electrons. The Morgan fingerprint density at radius 1 is 0.944 bits per heavy atom. The number of aromatic nitrogens is 2. The SMILES string of the molecule is CCC(=O)N[C@@H](C(=O)N1CCC2(CC1)CC2(F)F)C1(c2ccc(NC(=O)[C@@H](NC(=O)c3ccnn3CC3CC(F)(F)C3)C3CCC(C)CC3)c(F)c2)CC1. The maximum absolute atomic E-state index is 16.0. The second-order valence-electron chi connectivity index (χ2n) is 16.7. The average Bonchev–Trinajstić information content (AvgIpc) is 3.95. The van der Waals surface area contributed by atoms with E-state index in [2.05, 4.69) is 28.0 Å². The topological polar surface area (TPSA) is 125 Å². The Balaban J connectivity index is 1.06. The zero-order valence-corrected chi connectivity index (χ0v) is 30.7. The van der Waals surface area contributed by atoms with Crippen molar-refractivity contribution in [1.29, 1.82) is 0 Å². The lowest BCUT2D eigenvalue weighted by molar-refractivity contribution is -0.139. The van der Waals surface area contributed by atoms with Crippen molar-refractivity contribution in [2.75, 3.05) is 18.4 Å². The molecule has 10 nitrogen and oxygen atoms in total. The maximum atomic E-state index is 16.0. The summed E-state index contributed by atoms with van der Waals surface area (Å²) in [5.74, 6) is -8.20. The van der Waals surface area contributed by atoms with E-state index >= 15 is 4.39 Å². The van der Waals surface area contributed by atoms with E-state index in [1.165, 1.54) is 34.0 Å². The first-order valence-corrected chi connectivity index (χ1v) is 19.3. The molecule has 4 saturated carbocycles. The Bertz CT molecular complexity index is 1770. The maximum Gasteiger partial charge on any atom is 0.270 e. The van der Waals surface area contributed by atoms with E-state index < -0.39 is 52.4 Å². The van der Waals surface area contributed by atoms with Crippen LogP contribution in [0.3, 0.4) is 0 Å². The molecule has 54 heavy (non-hydrogen) atoms. The molecule has 15 heteroatoms. The largest absolute Gasteiger partial charge is 0.343 e. The van der Waals surface area contributed by atoms with Crippen LogP contribution in [0, 0.1) is 29.0 Å². The van der Waals surface area contributed by atoms with E-state index in [4.69, 9.17) is 0 Å². The number of hydrogen-bond acceptors (Lipinski definition) is 5. The zero-order valence-electron chi connectivity index (χ0n) is 30.7. The first-order chi connectivity index (χ1) is 25.6. The predicted octanol–water partition coefficient (Wildman–Crippen LogP) is 6.21. The third-order valence-corrected chi connectivity index (χ3v) is 12.9. The molecule has 5 aliphatic rings. The second kappa shape index (κ2) is 14.2. The van der Waals surface area contributed by atoms with E-state index in [0.717, 1.165) is 12.8 Å². The van der Waals surface area contributed by atoms with Crippen molar-refractivity contribution in [1.82, 2.24) is 25.3 Å². The molecule has 4 aliphatic carbocycles. The van der Waals surface area contributed by atoms with Crippen molar-refractivity contribution in [3.63, 3.8) is 0 Å². The summed E-state index contributed by atoms with van der Waals surface area (Å²) in [5, 5.41) is 12.5. The molecule has 0 bridgehead atoms. The number of piperidine rings is 1. The number of alkyl halides is 4. The molecule has 7 rings (SSSR count). The summed E-state index contributed by atoms with van der Waals surface area (Å²) >= 11 is 0. The Morgan fingerprint density at radius 3 is 2.19 bits per heavy atom. The second-order valence-corrected chi connectivity index (χ2v) is 16.7. The Labute approximate surface area is 311 Å². The molecule has 1 aromatic heterocycles. The third-order valence-electron chi connectivity index (χ3n) is 12.9. The fraction of sp³-hybridized carbons (Fsp3) is 0.667. The normalized spacial score (nSPS) is 25.9. The van der Waals surface area contributed by atoms with Crippen LogP contribution in [0.5, 0.6) is 0 Å². The molecule has 1 saturated heterocycles. The van der Waals surface area contributed by atoms with Gasteiger partial charge in [0.25, 0.3) is 11.8 Å². The smallest absolute Gasteiger partial charge is 0.270 e. The minimum atomic E-state index is -2.71. The Morgan fingerprint density at radius 2 is 1.61 bits per heavy atom. The van der Waals surface area contributed by atoms with Gasteiger partial charge in [-0.3, -0.25) is 23.9 Å². The molecule has 294 valence electrons. The molecule has 5 fully saturated rings. The predicted molar refractivity (Wildman–Crippen MR) is 188 cm³/mol. The van der Waals surface area contributed by atoms with Crippen molar-refractivity contribution in [3.05, 3.63) is 47.5 Å². The first kappa shape index (κ1) is 38.2. The number of benzene rings is 1. The van der Waals surface area contributed by atoms with Gasteiger partial charge in [0.1, 0.15) is 23.6 Å². The van der Waals surface area contributed by atoms with Crippen LogP contribution in [0.15, 0.2) is 30.5 Å². The molecule has 2 heterocycles. The Hall–Kier alpha value is -4.04. The molecule has 0 unspecified atom stereocenters. The van der Waals surface area contributed by atoms with Crippen molar-refractivity contribution < 1.29 is 41.1 Å². The summed E-state index contributed by atoms with van der Waals surface area (Å²) < 4.78 is 72.4. The van der Waals surface area contributed by atoms with Gasteiger partial charge in [0, 0.05) is 62.3 Å². The monoisotopic (exact) mass is 760 g/mol. The van der Waals surface area contributed by atoms with Crippen LogP contribution in [0.2, 0.25) is 0 Å². The minimum absolute atomic E-state index is 0.119. The number of hydrogen-bond donors (Lipinski definition) is 3. The van der Waals surface area contributed by atoms with E-state index in [9.17, 15) is 36.7 Å². The minimum Gasteiger partial charge on any atom is -0.343 e. The number of likely N-dealkylation sites (tertiary alicyclic amines) is 1. The van der Waals surface area contributed by atoms with Crippen LogP contribution in [0.4, 0.5) is 27.6 Å². The molecule has 1 aromatic carbocycles. The molecule has 1 spiro atoms. The lowest BCUT2D eigenvalue weighted by Gasteiger charge is -2.37. The van der Waals surface area contributed by atoms with Gasteiger partial charge in [-0.1, -0.05) is 32.8 Å². The average molecular weight is 761 g/mol. The van der Waals surface area contributed by atoms with Gasteiger partial charge in [-0.2, -0.15) is 5.10 Å². The third kappa shape index (κ3) is 7.47. The van der Waals surface area contributed by atoms with Crippen molar-refractivity contribution in [2.45, 2.75) is 127 Å². The van der Waals surface area contributed by atoms with Crippen molar-refractivity contribution in [2.24, 2.45) is 23.2 Å². The van der Waals surface area contributed by atoms with Gasteiger partial charge in [-0.15, -0.1) is 0 Å². The summed E-state index contributed by atoms with van der Waals surface area (Å²) in [6, 6.07) is 3.75. The van der Waals surface area contributed by atoms with Crippen molar-refractivity contribution in [3.8, 4) is 0 Å². The van der Waals surface area contributed by atoms with E-state index in [-0.39, 0.29) is 93.2 Å². The molecular weight excluding hydrogens is 711 g/mol. The van der Waals surface area contributed by atoms with Crippen LogP contribution in [-0.4, -0.2) is 75.3 Å². The molecule has 2 aromatic rings. The summed E-state index contributed by atoms with van der Waals surface area (Å²) in [5.41, 5.74) is -1.46. The summed E-state index contributed by atoms with van der Waals surface area (Å²) in [6.45, 7) is 4.24. The Kier molecular flexibility index (Phi) is 10.1. The highest BCUT2D eigenvalue weighted by Crippen LogP contribution is 2.66. The first-order valence-electron chi connectivity index (χ1n) is 19.3. The van der Waals surface area contributed by atoms with Gasteiger partial charge >= 0.3 is 0 Å². The number of amides is 4. The fourth-order valence-electron chi connectivity index (χ4n) is 9.04. The lowest BCUT2D eigenvalue weighted by atomic mass is 9.79. The molecule has 1 aliphatic heterocycles. The fourth-order valence-corrected chi connectivity index (χ4v) is 9.04. The summed E-state index contributed by atoms with van der Waals surface area (Å²) in [6.07, 6.45) is 5.17. The number of nitrogens with zero attached hydrogens (tertiary/aromatic N) is 3. The molecule has 4 amide bonds. The number of rotatable bonds is 12. The van der Waals surface area contributed by atoms with Gasteiger partial charge in [0.15, 0.2) is 0 Å². The van der Waals surface area contributed by atoms with Gasteiger partial charge in [0.05, 0.1) is 5.69 Å². The van der Waals surface area contributed by atoms with Gasteiger partial charge in [-0.05, 0) is 80.0 Å². The highest BCUT2D eigenvalue weighted by molar-refractivity contribution is 6.01. The van der Waals surface area contributed by atoms with Crippen LogP contribution < -0.4 is 16.0 Å². The number of anilines is 1. The van der Waals surface area contributed by atoms with Crippen molar-refractivity contribution >= 4 is 29.3 Å². The van der Waals surface area contributed by atoms with Crippen LogP contribution >= 0.6 is 0 Å². The van der Waals surface area contributed by atoms with Crippen LogP contribution in [0.1, 0.15) is 107 Å². The quantitative estimate of drug-likeness (QED) is 0.222. The van der Waals surface area contributed by atoms with E-state index in [1.54, 1.807) is 13.0 Å². The van der Waals surface area contributed by atoms with Crippen LogP contribution in [-0.2, 0) is 26.3 Å².